The lowest BCUT2D eigenvalue weighted by molar-refractivity contribution is -0.137. The molecule has 0 N–H and O–H groups in total. The number of aliphatic imine (C=N–C) groups is 1. The van der Waals surface area contributed by atoms with Crippen LogP contribution in [0, 0.1) is 13.8 Å². The lowest BCUT2D eigenvalue weighted by atomic mass is 9.97. The van der Waals surface area contributed by atoms with E-state index in [1.807, 2.05) is 13.8 Å². The van der Waals surface area contributed by atoms with Crippen LogP contribution in [0.1, 0.15) is 27.4 Å². The summed E-state index contributed by atoms with van der Waals surface area (Å²) < 4.78 is 39.0. The maximum Gasteiger partial charge on any atom is 0.416 e. The second-order valence-electron chi connectivity index (χ2n) is 4.71. The maximum absolute atomic E-state index is 13.0. The third-order valence-corrected chi connectivity index (χ3v) is 4.33. The number of aromatic nitrogens is 1. The van der Waals surface area contributed by atoms with E-state index < -0.39 is 11.7 Å². The molecule has 0 atom stereocenters. The molecule has 1 aliphatic heterocycles. The molecule has 2 heterocycles. The highest BCUT2D eigenvalue weighted by atomic mass is 32.1. The average molecular weight is 296 g/mol. The Morgan fingerprint density at radius 2 is 1.95 bits per heavy atom. The van der Waals surface area contributed by atoms with Gasteiger partial charge in [0, 0.05) is 17.3 Å². The Morgan fingerprint density at radius 3 is 2.55 bits per heavy atom. The number of fused-ring (bicyclic) bond motifs is 1. The average Bonchev–Trinajstić information content (AvgIpc) is 2.92. The Balaban J connectivity index is 2.26. The molecule has 0 radical (unpaired) electrons. The summed E-state index contributed by atoms with van der Waals surface area (Å²) in [6, 6.07) is 2.39. The lowest BCUT2D eigenvalue weighted by Gasteiger charge is -2.12. The van der Waals surface area contributed by atoms with Gasteiger partial charge < -0.3 is 0 Å². The number of benzene rings is 1. The van der Waals surface area contributed by atoms with Gasteiger partial charge in [-0.05, 0) is 31.5 Å². The molecule has 1 aliphatic rings. The molecule has 6 heteroatoms. The van der Waals surface area contributed by atoms with E-state index >= 15 is 0 Å². The summed E-state index contributed by atoms with van der Waals surface area (Å²) in [6.45, 7) is 3.98. The van der Waals surface area contributed by atoms with Crippen LogP contribution in [0.15, 0.2) is 17.1 Å². The molecule has 0 amide bonds. The van der Waals surface area contributed by atoms with Crippen LogP contribution in [0.2, 0.25) is 0 Å². The van der Waals surface area contributed by atoms with Gasteiger partial charge in [-0.25, -0.2) is 4.98 Å². The van der Waals surface area contributed by atoms with Crippen LogP contribution in [0.25, 0.3) is 10.4 Å². The van der Waals surface area contributed by atoms with Crippen molar-refractivity contribution in [3.8, 4) is 10.4 Å². The van der Waals surface area contributed by atoms with Crippen molar-refractivity contribution in [1.29, 1.82) is 0 Å². The van der Waals surface area contributed by atoms with Crippen LogP contribution in [0.4, 0.5) is 13.2 Å². The van der Waals surface area contributed by atoms with Gasteiger partial charge in [-0.2, -0.15) is 13.2 Å². The summed E-state index contributed by atoms with van der Waals surface area (Å²) in [7, 11) is 0. The largest absolute Gasteiger partial charge is 0.416 e. The third kappa shape index (κ3) is 2.14. The molecule has 0 fully saturated rings. The zero-order valence-corrected chi connectivity index (χ0v) is 11.7. The van der Waals surface area contributed by atoms with Gasteiger partial charge in [0.1, 0.15) is 0 Å². The van der Waals surface area contributed by atoms with E-state index in [9.17, 15) is 13.2 Å². The Hall–Kier alpha value is -1.69. The summed E-state index contributed by atoms with van der Waals surface area (Å²) in [5.41, 5.74) is 2.13. The fraction of sp³-hybridized carbons (Fsp3) is 0.286. The van der Waals surface area contributed by atoms with Crippen molar-refractivity contribution in [3.05, 3.63) is 39.5 Å². The van der Waals surface area contributed by atoms with Gasteiger partial charge in [0.15, 0.2) is 0 Å². The molecule has 20 heavy (non-hydrogen) atoms. The first-order valence-electron chi connectivity index (χ1n) is 6.04. The molecule has 0 saturated heterocycles. The summed E-state index contributed by atoms with van der Waals surface area (Å²) in [4.78, 5) is 9.18. The standard InChI is InChI=1S/C14H11F3N2S/c1-7-13(20-8(2)19-7)11-4-10(14(15,16)17)3-9-5-18-6-12(9)11/h3-4,6H,5H2,1-2H3. The van der Waals surface area contributed by atoms with E-state index in [1.54, 1.807) is 6.21 Å². The highest BCUT2D eigenvalue weighted by Crippen LogP contribution is 2.39. The second kappa shape index (κ2) is 4.41. The molecule has 104 valence electrons. The quantitative estimate of drug-likeness (QED) is 0.766. The van der Waals surface area contributed by atoms with Crippen molar-refractivity contribution in [2.75, 3.05) is 0 Å². The van der Waals surface area contributed by atoms with Gasteiger partial charge in [0.2, 0.25) is 0 Å². The SMILES string of the molecule is Cc1nc(C)c(-c2cc(C(F)(F)F)cc3c2C=NC3)s1. The zero-order valence-electron chi connectivity index (χ0n) is 10.9. The highest BCUT2D eigenvalue weighted by Gasteiger charge is 2.33. The molecule has 2 nitrogen and oxygen atoms in total. The van der Waals surface area contributed by atoms with E-state index in [0.29, 0.717) is 17.7 Å². The molecular weight excluding hydrogens is 285 g/mol. The number of halogens is 3. The molecule has 0 saturated carbocycles. The molecule has 0 spiro atoms. The van der Waals surface area contributed by atoms with Crippen molar-refractivity contribution < 1.29 is 13.2 Å². The first kappa shape index (κ1) is 13.3. The smallest absolute Gasteiger partial charge is 0.288 e. The Kier molecular flexibility index (Phi) is 2.93. The summed E-state index contributed by atoms with van der Waals surface area (Å²) in [5.74, 6) is 0. The first-order valence-corrected chi connectivity index (χ1v) is 6.86. The minimum Gasteiger partial charge on any atom is -0.288 e. The Morgan fingerprint density at radius 1 is 1.20 bits per heavy atom. The maximum atomic E-state index is 13.0. The van der Waals surface area contributed by atoms with Crippen LogP contribution in [-0.2, 0) is 12.7 Å². The van der Waals surface area contributed by atoms with Crippen molar-refractivity contribution in [1.82, 2.24) is 4.98 Å². The fourth-order valence-electron chi connectivity index (χ4n) is 2.36. The third-order valence-electron chi connectivity index (χ3n) is 3.22. The zero-order chi connectivity index (χ0) is 14.5. The predicted octanol–water partition coefficient (Wildman–Crippen LogP) is 4.38. The van der Waals surface area contributed by atoms with Crippen molar-refractivity contribution in [2.45, 2.75) is 26.6 Å². The topological polar surface area (TPSA) is 25.2 Å². The minimum absolute atomic E-state index is 0.309. The summed E-state index contributed by atoms with van der Waals surface area (Å²) in [6.07, 6.45) is -2.70. The normalized spacial score (nSPS) is 13.8. The number of aryl methyl sites for hydroxylation is 2. The number of thiazole rings is 1. The highest BCUT2D eigenvalue weighted by molar-refractivity contribution is 7.15. The van der Waals surface area contributed by atoms with Crippen LogP contribution < -0.4 is 0 Å². The van der Waals surface area contributed by atoms with Crippen molar-refractivity contribution >= 4 is 17.6 Å². The number of alkyl halides is 3. The van der Waals surface area contributed by atoms with Crippen molar-refractivity contribution in [3.63, 3.8) is 0 Å². The van der Waals surface area contributed by atoms with E-state index in [1.165, 1.54) is 23.5 Å². The van der Waals surface area contributed by atoms with Crippen LogP contribution in [-0.4, -0.2) is 11.2 Å². The monoisotopic (exact) mass is 296 g/mol. The number of nitrogens with zero attached hydrogens (tertiary/aromatic N) is 2. The van der Waals surface area contributed by atoms with E-state index in [2.05, 4.69) is 9.98 Å². The molecular formula is C14H11F3N2S. The van der Waals surface area contributed by atoms with Gasteiger partial charge in [-0.3, -0.25) is 4.99 Å². The summed E-state index contributed by atoms with van der Waals surface area (Å²) in [5, 5.41) is 0.846. The number of hydrogen-bond donors (Lipinski definition) is 0. The van der Waals surface area contributed by atoms with Gasteiger partial charge in [0.25, 0.3) is 0 Å². The summed E-state index contributed by atoms with van der Waals surface area (Å²) >= 11 is 1.41. The molecule has 2 aromatic rings. The van der Waals surface area contributed by atoms with Gasteiger partial charge in [-0.1, -0.05) is 0 Å². The van der Waals surface area contributed by atoms with Crippen LogP contribution in [0.5, 0.6) is 0 Å². The second-order valence-corrected chi connectivity index (χ2v) is 5.91. The molecule has 3 rings (SSSR count). The lowest BCUT2D eigenvalue weighted by Crippen LogP contribution is -2.07. The van der Waals surface area contributed by atoms with Gasteiger partial charge in [-0.15, -0.1) is 11.3 Å². The Labute approximate surface area is 118 Å². The fourth-order valence-corrected chi connectivity index (χ4v) is 3.31. The molecule has 1 aromatic heterocycles. The Bertz CT molecular complexity index is 714. The first-order chi connectivity index (χ1) is 9.36. The van der Waals surface area contributed by atoms with Gasteiger partial charge in [0.05, 0.1) is 27.7 Å². The number of rotatable bonds is 1. The molecule has 0 bridgehead atoms. The van der Waals surface area contributed by atoms with E-state index in [4.69, 9.17) is 0 Å². The number of hydrogen-bond acceptors (Lipinski definition) is 3. The van der Waals surface area contributed by atoms with E-state index in [0.717, 1.165) is 21.1 Å². The van der Waals surface area contributed by atoms with Gasteiger partial charge >= 0.3 is 6.18 Å². The van der Waals surface area contributed by atoms with E-state index in [-0.39, 0.29) is 0 Å². The molecule has 0 aliphatic carbocycles. The van der Waals surface area contributed by atoms with Crippen LogP contribution in [0.3, 0.4) is 0 Å². The minimum atomic E-state index is -4.35. The van der Waals surface area contributed by atoms with Crippen LogP contribution >= 0.6 is 11.3 Å². The molecule has 0 unspecified atom stereocenters. The van der Waals surface area contributed by atoms with Crippen molar-refractivity contribution in [2.24, 2.45) is 4.99 Å². The predicted molar refractivity (Wildman–Crippen MR) is 73.3 cm³/mol. The molecule has 1 aromatic carbocycles.